The minimum atomic E-state index is -0.247. The fourth-order valence-electron chi connectivity index (χ4n) is 1.40. The maximum Gasteiger partial charge on any atom is 0.305 e. The van der Waals surface area contributed by atoms with Crippen LogP contribution >= 0.6 is 0 Å². The average molecular weight is 217 g/mol. The summed E-state index contributed by atoms with van der Waals surface area (Å²) in [7, 11) is 1.37. The van der Waals surface area contributed by atoms with Crippen LogP contribution in [0.15, 0.2) is 24.3 Å². The van der Waals surface area contributed by atoms with Crippen molar-refractivity contribution in [2.24, 2.45) is 5.73 Å². The van der Waals surface area contributed by atoms with Gasteiger partial charge in [0, 0.05) is 18.0 Å². The van der Waals surface area contributed by atoms with Crippen molar-refractivity contribution in [3.63, 3.8) is 0 Å². The molecule has 0 radical (unpaired) electrons. The fraction of sp³-hybridized carbons (Fsp3) is 0.308. The second-order valence-electron chi connectivity index (χ2n) is 3.49. The summed E-state index contributed by atoms with van der Waals surface area (Å²) in [6.45, 7) is 0. The fourth-order valence-corrected chi connectivity index (χ4v) is 1.40. The molecule has 0 fully saturated rings. The van der Waals surface area contributed by atoms with Crippen LogP contribution in [0, 0.1) is 12.3 Å². The number of hydrogen-bond donors (Lipinski definition) is 1. The molecule has 2 N–H and O–H groups in total. The van der Waals surface area contributed by atoms with Crippen molar-refractivity contribution in [1.82, 2.24) is 0 Å². The molecule has 0 saturated heterocycles. The Morgan fingerprint density at radius 2 is 2.38 bits per heavy atom. The summed E-state index contributed by atoms with van der Waals surface area (Å²) in [5, 5.41) is 0. The van der Waals surface area contributed by atoms with Gasteiger partial charge in [-0.1, -0.05) is 18.1 Å². The number of rotatable bonds is 4. The molecule has 1 atom stereocenters. The zero-order chi connectivity index (χ0) is 12.0. The first-order valence-electron chi connectivity index (χ1n) is 5.06. The van der Waals surface area contributed by atoms with Crippen LogP contribution < -0.4 is 5.73 Å². The van der Waals surface area contributed by atoms with Crippen LogP contribution in [0.1, 0.15) is 30.0 Å². The molecule has 0 aliphatic heterocycles. The summed E-state index contributed by atoms with van der Waals surface area (Å²) in [5.41, 5.74) is 7.69. The molecular weight excluding hydrogens is 202 g/mol. The van der Waals surface area contributed by atoms with E-state index >= 15 is 0 Å². The molecule has 0 aliphatic carbocycles. The summed E-state index contributed by atoms with van der Waals surface area (Å²) in [4.78, 5) is 11.0. The zero-order valence-corrected chi connectivity index (χ0v) is 9.27. The summed E-state index contributed by atoms with van der Waals surface area (Å²) < 4.78 is 4.55. The third kappa shape index (κ3) is 3.41. The van der Waals surface area contributed by atoms with E-state index in [2.05, 4.69) is 10.7 Å². The monoisotopic (exact) mass is 217 g/mol. The van der Waals surface area contributed by atoms with E-state index in [4.69, 9.17) is 12.2 Å². The van der Waals surface area contributed by atoms with Crippen molar-refractivity contribution < 1.29 is 9.53 Å². The largest absolute Gasteiger partial charge is 0.469 e. The second-order valence-corrected chi connectivity index (χ2v) is 3.49. The van der Waals surface area contributed by atoms with Crippen LogP contribution in [0.2, 0.25) is 0 Å². The molecule has 1 aromatic carbocycles. The Hall–Kier alpha value is -1.79. The molecule has 0 aliphatic rings. The highest BCUT2D eigenvalue weighted by atomic mass is 16.5. The van der Waals surface area contributed by atoms with E-state index < -0.39 is 0 Å². The highest BCUT2D eigenvalue weighted by Gasteiger charge is 2.09. The van der Waals surface area contributed by atoms with Crippen LogP contribution in [0.5, 0.6) is 0 Å². The number of carbonyl (C=O) groups excluding carboxylic acids is 1. The van der Waals surface area contributed by atoms with Gasteiger partial charge in [0.2, 0.25) is 0 Å². The molecule has 1 rings (SSSR count). The number of terminal acetylenes is 1. The normalized spacial score (nSPS) is 11.6. The number of benzene rings is 1. The Labute approximate surface area is 95.6 Å². The lowest BCUT2D eigenvalue weighted by Crippen LogP contribution is -2.13. The maximum atomic E-state index is 11.0. The number of esters is 1. The van der Waals surface area contributed by atoms with Crippen molar-refractivity contribution >= 4 is 5.97 Å². The molecule has 0 aromatic heterocycles. The van der Waals surface area contributed by atoms with E-state index in [-0.39, 0.29) is 12.0 Å². The van der Waals surface area contributed by atoms with E-state index in [1.54, 1.807) is 0 Å². The van der Waals surface area contributed by atoms with E-state index in [0.717, 1.165) is 11.1 Å². The average Bonchev–Trinajstić information content (AvgIpc) is 2.35. The van der Waals surface area contributed by atoms with Crippen LogP contribution in [0.3, 0.4) is 0 Å². The van der Waals surface area contributed by atoms with Gasteiger partial charge < -0.3 is 10.5 Å². The van der Waals surface area contributed by atoms with Crippen molar-refractivity contribution in [1.29, 1.82) is 0 Å². The summed E-state index contributed by atoms with van der Waals surface area (Å²) in [5.74, 6) is 2.30. The summed E-state index contributed by atoms with van der Waals surface area (Å²) in [6.07, 6.45) is 6.17. The highest BCUT2D eigenvalue weighted by Crippen LogP contribution is 2.17. The van der Waals surface area contributed by atoms with E-state index in [0.29, 0.717) is 12.8 Å². The van der Waals surface area contributed by atoms with Gasteiger partial charge in [0.1, 0.15) is 0 Å². The SMILES string of the molecule is C#Cc1cccc(C(N)CCC(=O)OC)c1. The second kappa shape index (κ2) is 5.94. The Morgan fingerprint density at radius 1 is 1.62 bits per heavy atom. The molecule has 0 bridgehead atoms. The lowest BCUT2D eigenvalue weighted by molar-refractivity contribution is -0.140. The Bertz CT molecular complexity index is 407. The molecule has 0 heterocycles. The van der Waals surface area contributed by atoms with Crippen molar-refractivity contribution in [2.45, 2.75) is 18.9 Å². The van der Waals surface area contributed by atoms with Crippen molar-refractivity contribution in [3.8, 4) is 12.3 Å². The molecular formula is C13H15NO2. The smallest absolute Gasteiger partial charge is 0.305 e. The van der Waals surface area contributed by atoms with Gasteiger partial charge in [0.15, 0.2) is 0 Å². The predicted molar refractivity (Wildman–Crippen MR) is 62.6 cm³/mol. The lowest BCUT2D eigenvalue weighted by atomic mass is 10.0. The van der Waals surface area contributed by atoms with Gasteiger partial charge in [-0.2, -0.15) is 0 Å². The van der Waals surface area contributed by atoms with Gasteiger partial charge >= 0.3 is 5.97 Å². The van der Waals surface area contributed by atoms with Crippen molar-refractivity contribution in [2.75, 3.05) is 7.11 Å². The standard InChI is InChI=1S/C13H15NO2/c1-3-10-5-4-6-11(9-10)12(14)7-8-13(15)16-2/h1,4-6,9,12H,7-8,14H2,2H3. The van der Waals surface area contributed by atoms with Crippen molar-refractivity contribution in [3.05, 3.63) is 35.4 Å². The molecule has 16 heavy (non-hydrogen) atoms. The topological polar surface area (TPSA) is 52.3 Å². The zero-order valence-electron chi connectivity index (χ0n) is 9.27. The molecule has 1 unspecified atom stereocenters. The Kier molecular flexibility index (Phi) is 4.56. The molecule has 0 saturated carbocycles. The van der Waals surface area contributed by atoms with Gasteiger partial charge in [-0.05, 0) is 24.1 Å². The number of methoxy groups -OCH3 is 1. The summed E-state index contributed by atoms with van der Waals surface area (Å²) in [6, 6.07) is 7.29. The number of ether oxygens (including phenoxy) is 1. The van der Waals surface area contributed by atoms with Crippen LogP contribution in [-0.4, -0.2) is 13.1 Å². The molecule has 1 aromatic rings. The Balaban J connectivity index is 2.62. The van der Waals surface area contributed by atoms with Gasteiger partial charge in [-0.25, -0.2) is 0 Å². The quantitative estimate of drug-likeness (QED) is 0.616. The number of hydrogen-bond acceptors (Lipinski definition) is 3. The number of carbonyl (C=O) groups is 1. The van der Waals surface area contributed by atoms with Crippen LogP contribution in [0.25, 0.3) is 0 Å². The maximum absolute atomic E-state index is 11.0. The minimum Gasteiger partial charge on any atom is -0.469 e. The van der Waals surface area contributed by atoms with Crippen LogP contribution in [0.4, 0.5) is 0 Å². The van der Waals surface area contributed by atoms with Gasteiger partial charge in [0.25, 0.3) is 0 Å². The molecule has 0 spiro atoms. The van der Waals surface area contributed by atoms with Gasteiger partial charge in [-0.3, -0.25) is 4.79 Å². The van der Waals surface area contributed by atoms with Gasteiger partial charge in [0.05, 0.1) is 7.11 Å². The molecule has 3 nitrogen and oxygen atoms in total. The molecule has 0 amide bonds. The van der Waals surface area contributed by atoms with Gasteiger partial charge in [-0.15, -0.1) is 6.42 Å². The van der Waals surface area contributed by atoms with E-state index in [1.807, 2.05) is 24.3 Å². The minimum absolute atomic E-state index is 0.188. The van der Waals surface area contributed by atoms with Crippen LogP contribution in [-0.2, 0) is 9.53 Å². The van der Waals surface area contributed by atoms with E-state index in [9.17, 15) is 4.79 Å². The molecule has 84 valence electrons. The highest BCUT2D eigenvalue weighted by molar-refractivity contribution is 5.69. The third-order valence-corrected chi connectivity index (χ3v) is 2.37. The van der Waals surface area contributed by atoms with E-state index in [1.165, 1.54) is 7.11 Å². The third-order valence-electron chi connectivity index (χ3n) is 2.37. The first kappa shape index (κ1) is 12.3. The lowest BCUT2D eigenvalue weighted by Gasteiger charge is -2.11. The number of nitrogens with two attached hydrogens (primary N) is 1. The predicted octanol–water partition coefficient (Wildman–Crippen LogP) is 1.62. The summed E-state index contributed by atoms with van der Waals surface area (Å²) >= 11 is 0. The Morgan fingerprint density at radius 3 is 3.00 bits per heavy atom. The first-order chi connectivity index (χ1) is 7.67. The first-order valence-corrected chi connectivity index (χ1v) is 5.06. The molecule has 3 heteroatoms.